The fourth-order valence-corrected chi connectivity index (χ4v) is 3.02. The number of ether oxygens (including phenoxy) is 1. The maximum atomic E-state index is 13.1. The number of amides is 1. The molecule has 5 nitrogen and oxygen atoms in total. The van der Waals surface area contributed by atoms with E-state index in [1.165, 1.54) is 12.1 Å². The molecule has 9 heteroatoms. The van der Waals surface area contributed by atoms with Crippen molar-refractivity contribution in [1.29, 1.82) is 0 Å². The molecular formula is C21H19ClF3N3O2. The molecule has 0 aliphatic heterocycles. The van der Waals surface area contributed by atoms with E-state index in [-0.39, 0.29) is 16.6 Å². The van der Waals surface area contributed by atoms with Gasteiger partial charge in [0, 0.05) is 12.6 Å². The van der Waals surface area contributed by atoms with E-state index in [1.807, 2.05) is 31.2 Å². The van der Waals surface area contributed by atoms with Crippen molar-refractivity contribution in [2.75, 3.05) is 13.2 Å². The van der Waals surface area contributed by atoms with E-state index in [9.17, 15) is 18.0 Å². The van der Waals surface area contributed by atoms with E-state index in [4.69, 9.17) is 16.3 Å². The number of alkyl halides is 3. The normalized spacial score (nSPS) is 11.4. The Labute approximate surface area is 176 Å². The smallest absolute Gasteiger partial charge is 0.435 e. The first-order chi connectivity index (χ1) is 14.2. The summed E-state index contributed by atoms with van der Waals surface area (Å²) in [4.78, 5) is 12.1. The molecule has 0 fully saturated rings. The number of halogens is 4. The lowest BCUT2D eigenvalue weighted by Crippen LogP contribution is -2.30. The molecule has 1 heterocycles. The number of hydrogen-bond acceptors (Lipinski definition) is 3. The zero-order valence-electron chi connectivity index (χ0n) is 16.0. The molecule has 0 saturated carbocycles. The molecule has 30 heavy (non-hydrogen) atoms. The largest absolute Gasteiger partial charge is 0.467 e. The standard InChI is InChI=1S/C21H19ClF3N3O2/c1-14-5-4-6-15(11-14)9-10-26-19(29)13-30-20-12-18(21(23,24)25)27-28(20)17-8-3-2-7-16(17)22/h2-8,11-12H,9-10,13H2,1H3,(H,26,29). The highest BCUT2D eigenvalue weighted by molar-refractivity contribution is 6.32. The molecular weight excluding hydrogens is 419 g/mol. The quantitative estimate of drug-likeness (QED) is 0.588. The Hall–Kier alpha value is -3.00. The maximum Gasteiger partial charge on any atom is 0.435 e. The maximum absolute atomic E-state index is 13.1. The number of nitrogens with zero attached hydrogens (tertiary/aromatic N) is 2. The second-order valence-electron chi connectivity index (χ2n) is 6.61. The van der Waals surface area contributed by atoms with Crippen molar-refractivity contribution < 1.29 is 22.7 Å². The van der Waals surface area contributed by atoms with Crippen molar-refractivity contribution in [3.8, 4) is 11.6 Å². The van der Waals surface area contributed by atoms with Crippen molar-refractivity contribution in [3.05, 3.63) is 76.4 Å². The minimum absolute atomic E-state index is 0.196. The molecule has 1 N–H and O–H groups in total. The molecule has 0 radical (unpaired) electrons. The molecule has 0 unspecified atom stereocenters. The number of nitrogens with one attached hydrogen (secondary N) is 1. The van der Waals surface area contributed by atoms with E-state index < -0.39 is 24.4 Å². The van der Waals surface area contributed by atoms with Gasteiger partial charge >= 0.3 is 6.18 Å². The van der Waals surface area contributed by atoms with E-state index in [0.29, 0.717) is 13.0 Å². The van der Waals surface area contributed by atoms with Crippen LogP contribution < -0.4 is 10.1 Å². The van der Waals surface area contributed by atoms with Crippen LogP contribution in [0.1, 0.15) is 16.8 Å². The average molecular weight is 438 g/mol. The Balaban J connectivity index is 1.66. The van der Waals surface area contributed by atoms with Crippen molar-refractivity contribution in [1.82, 2.24) is 15.1 Å². The second kappa shape index (κ2) is 9.21. The van der Waals surface area contributed by atoms with E-state index >= 15 is 0 Å². The number of carbonyl (C=O) groups excluding carboxylic acids is 1. The topological polar surface area (TPSA) is 56.1 Å². The summed E-state index contributed by atoms with van der Waals surface area (Å²) in [6.07, 6.45) is -4.04. The predicted octanol–water partition coefficient (Wildman–Crippen LogP) is 4.59. The van der Waals surface area contributed by atoms with Gasteiger partial charge in [0.15, 0.2) is 12.3 Å². The molecule has 3 aromatic rings. The summed E-state index contributed by atoms with van der Waals surface area (Å²) in [5.41, 5.74) is 1.26. The van der Waals surface area contributed by atoms with Crippen LogP contribution in [0.15, 0.2) is 54.6 Å². The first-order valence-corrected chi connectivity index (χ1v) is 9.49. The molecule has 0 aliphatic carbocycles. The zero-order chi connectivity index (χ0) is 21.7. The number of aromatic nitrogens is 2. The third kappa shape index (κ3) is 5.54. The highest BCUT2D eigenvalue weighted by atomic mass is 35.5. The molecule has 2 aromatic carbocycles. The van der Waals surface area contributed by atoms with Crippen LogP contribution in [0.25, 0.3) is 5.69 Å². The van der Waals surface area contributed by atoms with E-state index in [2.05, 4.69) is 10.4 Å². The van der Waals surface area contributed by atoms with Gasteiger partial charge in [0.25, 0.3) is 5.91 Å². The molecule has 3 rings (SSSR count). The zero-order valence-corrected chi connectivity index (χ0v) is 16.8. The summed E-state index contributed by atoms with van der Waals surface area (Å²) in [7, 11) is 0. The van der Waals surface area contributed by atoms with Gasteiger partial charge in [-0.15, -0.1) is 0 Å². The molecule has 158 valence electrons. The lowest BCUT2D eigenvalue weighted by Gasteiger charge is -2.11. The summed E-state index contributed by atoms with van der Waals surface area (Å²) in [5, 5.41) is 6.43. The van der Waals surface area contributed by atoms with Gasteiger partial charge in [-0.3, -0.25) is 4.79 Å². The Kier molecular flexibility index (Phi) is 6.66. The molecule has 0 bridgehead atoms. The van der Waals surface area contributed by atoms with Gasteiger partial charge in [-0.1, -0.05) is 53.6 Å². The first kappa shape index (κ1) is 21.7. The fraction of sp³-hybridized carbons (Fsp3) is 0.238. The van der Waals surface area contributed by atoms with Gasteiger partial charge in [0.1, 0.15) is 0 Å². The Bertz CT molecular complexity index is 1030. The van der Waals surface area contributed by atoms with Crippen LogP contribution in [0.5, 0.6) is 5.88 Å². The van der Waals surface area contributed by atoms with Gasteiger partial charge in [-0.2, -0.15) is 23.0 Å². The molecule has 1 amide bonds. The summed E-state index contributed by atoms with van der Waals surface area (Å²) >= 11 is 6.08. The van der Waals surface area contributed by atoms with Gasteiger partial charge in [-0.05, 0) is 31.0 Å². The summed E-state index contributed by atoms with van der Waals surface area (Å²) in [6.45, 7) is 1.90. The molecule has 0 atom stereocenters. The fourth-order valence-electron chi connectivity index (χ4n) is 2.81. The summed E-state index contributed by atoms with van der Waals surface area (Å²) in [6, 6.07) is 14.9. The molecule has 0 aliphatic rings. The average Bonchev–Trinajstić information content (AvgIpc) is 3.11. The highest BCUT2D eigenvalue weighted by Gasteiger charge is 2.35. The minimum atomic E-state index is -4.67. The van der Waals surface area contributed by atoms with Crippen LogP contribution in [0.2, 0.25) is 5.02 Å². The Morgan fingerprint density at radius 1 is 1.17 bits per heavy atom. The third-order valence-electron chi connectivity index (χ3n) is 4.22. The number of rotatable bonds is 7. The minimum Gasteiger partial charge on any atom is -0.467 e. The van der Waals surface area contributed by atoms with Crippen LogP contribution in [0, 0.1) is 6.92 Å². The first-order valence-electron chi connectivity index (χ1n) is 9.11. The van der Waals surface area contributed by atoms with Crippen molar-refractivity contribution in [2.45, 2.75) is 19.5 Å². The Morgan fingerprint density at radius 3 is 2.63 bits per heavy atom. The van der Waals surface area contributed by atoms with Crippen LogP contribution >= 0.6 is 11.6 Å². The van der Waals surface area contributed by atoms with Crippen LogP contribution in [-0.2, 0) is 17.4 Å². The van der Waals surface area contributed by atoms with Crippen LogP contribution in [0.3, 0.4) is 0 Å². The van der Waals surface area contributed by atoms with Gasteiger partial charge in [-0.25, -0.2) is 0 Å². The summed E-state index contributed by atoms with van der Waals surface area (Å²) < 4.78 is 45.6. The second-order valence-corrected chi connectivity index (χ2v) is 7.01. The number of para-hydroxylation sites is 1. The molecule has 0 spiro atoms. The van der Waals surface area contributed by atoms with Crippen LogP contribution in [0.4, 0.5) is 13.2 Å². The van der Waals surface area contributed by atoms with Gasteiger partial charge < -0.3 is 10.1 Å². The highest BCUT2D eigenvalue weighted by Crippen LogP contribution is 2.33. The summed E-state index contributed by atoms with van der Waals surface area (Å²) in [5.74, 6) is -0.688. The third-order valence-corrected chi connectivity index (χ3v) is 4.54. The predicted molar refractivity (Wildman–Crippen MR) is 107 cm³/mol. The molecule has 0 saturated heterocycles. The van der Waals surface area contributed by atoms with Crippen LogP contribution in [-0.4, -0.2) is 28.8 Å². The van der Waals surface area contributed by atoms with E-state index in [1.54, 1.807) is 12.1 Å². The van der Waals surface area contributed by atoms with Crippen molar-refractivity contribution in [3.63, 3.8) is 0 Å². The Morgan fingerprint density at radius 2 is 1.93 bits per heavy atom. The monoisotopic (exact) mass is 437 g/mol. The van der Waals surface area contributed by atoms with E-state index in [0.717, 1.165) is 21.9 Å². The SMILES string of the molecule is Cc1cccc(CCNC(=O)COc2cc(C(F)(F)F)nn2-c2ccccc2Cl)c1. The number of benzene rings is 2. The van der Waals surface area contributed by atoms with Crippen molar-refractivity contribution >= 4 is 17.5 Å². The van der Waals surface area contributed by atoms with Gasteiger partial charge in [0.2, 0.25) is 5.88 Å². The molecule has 1 aromatic heterocycles. The number of hydrogen-bond donors (Lipinski definition) is 1. The number of aryl methyl sites for hydroxylation is 1. The lowest BCUT2D eigenvalue weighted by molar-refractivity contribution is -0.141. The van der Waals surface area contributed by atoms with Crippen molar-refractivity contribution in [2.24, 2.45) is 0 Å². The lowest BCUT2D eigenvalue weighted by atomic mass is 10.1. The number of carbonyl (C=O) groups is 1. The van der Waals surface area contributed by atoms with Gasteiger partial charge in [0.05, 0.1) is 10.7 Å².